The molecular weight excluding hydrogens is 268 g/mol. The molecule has 1 aromatic heterocycles. The topological polar surface area (TPSA) is 33.2 Å². The van der Waals surface area contributed by atoms with E-state index in [1.165, 1.54) is 0 Å². The number of alkyl halides is 1. The van der Waals surface area contributed by atoms with Gasteiger partial charge in [-0.15, -0.1) is 0 Å². The molecule has 0 radical (unpaired) electrons. The molecule has 88 valence electrons. The van der Waals surface area contributed by atoms with E-state index in [-0.39, 0.29) is 5.91 Å². The van der Waals surface area contributed by atoms with Crippen LogP contribution in [0.25, 0.3) is 0 Å². The minimum Gasteiger partial charge on any atom is -0.338 e. The Hall–Kier alpha value is -0.900. The van der Waals surface area contributed by atoms with Crippen LogP contribution < -0.4 is 0 Å². The first-order valence-corrected chi connectivity index (χ1v) is 6.58. The zero-order valence-electron chi connectivity index (χ0n) is 9.74. The summed E-state index contributed by atoms with van der Waals surface area (Å²) >= 11 is 3.37. The van der Waals surface area contributed by atoms with E-state index < -0.39 is 0 Å². The van der Waals surface area contributed by atoms with Gasteiger partial charge in [-0.25, -0.2) is 0 Å². The van der Waals surface area contributed by atoms with Gasteiger partial charge in [-0.3, -0.25) is 9.78 Å². The van der Waals surface area contributed by atoms with E-state index in [0.29, 0.717) is 5.56 Å². The number of rotatable bonds is 5. The number of halogens is 1. The number of amides is 1. The molecule has 1 rings (SSSR count). The molecule has 4 heteroatoms. The Labute approximate surface area is 105 Å². The van der Waals surface area contributed by atoms with Gasteiger partial charge in [-0.2, -0.15) is 0 Å². The van der Waals surface area contributed by atoms with Crippen LogP contribution in [0.5, 0.6) is 0 Å². The quantitative estimate of drug-likeness (QED) is 0.779. The van der Waals surface area contributed by atoms with Crippen LogP contribution in [0.1, 0.15) is 29.3 Å². The summed E-state index contributed by atoms with van der Waals surface area (Å²) in [5, 5.41) is 0.804. The van der Waals surface area contributed by atoms with Crippen molar-refractivity contribution in [2.75, 3.05) is 18.4 Å². The largest absolute Gasteiger partial charge is 0.338 e. The summed E-state index contributed by atoms with van der Waals surface area (Å²) in [5.41, 5.74) is 1.69. The standard InChI is InChI=1S/C12H17BrN2O/c1-3-5-15(6-4-13)12(16)11-7-10(2)8-14-9-11/h7-9H,3-6H2,1-2H3. The Kier molecular flexibility index (Phi) is 5.46. The van der Waals surface area contributed by atoms with Crippen molar-refractivity contribution < 1.29 is 4.79 Å². The zero-order valence-corrected chi connectivity index (χ0v) is 11.3. The number of carbonyl (C=O) groups is 1. The molecule has 0 unspecified atom stereocenters. The molecule has 0 fully saturated rings. The maximum absolute atomic E-state index is 12.1. The van der Waals surface area contributed by atoms with Crippen LogP contribution in [0.4, 0.5) is 0 Å². The highest BCUT2D eigenvalue weighted by Crippen LogP contribution is 2.07. The zero-order chi connectivity index (χ0) is 12.0. The molecule has 0 spiro atoms. The third kappa shape index (κ3) is 3.59. The molecule has 0 N–H and O–H groups in total. The first kappa shape index (κ1) is 13.2. The Morgan fingerprint density at radius 3 is 2.75 bits per heavy atom. The van der Waals surface area contributed by atoms with Gasteiger partial charge in [0, 0.05) is 30.8 Å². The van der Waals surface area contributed by atoms with Gasteiger partial charge in [0.25, 0.3) is 5.91 Å². The average molecular weight is 285 g/mol. The first-order valence-electron chi connectivity index (χ1n) is 5.46. The van der Waals surface area contributed by atoms with Crippen LogP contribution >= 0.6 is 15.9 Å². The number of aromatic nitrogens is 1. The molecular formula is C12H17BrN2O. The van der Waals surface area contributed by atoms with Gasteiger partial charge in [0.2, 0.25) is 0 Å². The Balaban J connectivity index is 2.81. The number of pyridine rings is 1. The fourth-order valence-corrected chi connectivity index (χ4v) is 1.97. The van der Waals surface area contributed by atoms with Crippen LogP contribution in [-0.4, -0.2) is 34.2 Å². The maximum atomic E-state index is 12.1. The van der Waals surface area contributed by atoms with E-state index in [0.717, 1.165) is 30.4 Å². The monoisotopic (exact) mass is 284 g/mol. The Bertz CT molecular complexity index is 349. The number of hydrogen-bond acceptors (Lipinski definition) is 2. The molecule has 0 aliphatic rings. The first-order chi connectivity index (χ1) is 7.69. The Morgan fingerprint density at radius 2 is 2.19 bits per heavy atom. The lowest BCUT2D eigenvalue weighted by Gasteiger charge is -2.21. The summed E-state index contributed by atoms with van der Waals surface area (Å²) in [6, 6.07) is 1.88. The molecule has 0 bridgehead atoms. The SMILES string of the molecule is CCCN(CCBr)C(=O)c1cncc(C)c1. The van der Waals surface area contributed by atoms with Gasteiger partial charge in [-0.1, -0.05) is 22.9 Å². The predicted octanol–water partition coefficient (Wildman–Crippen LogP) is 2.64. The fourth-order valence-electron chi connectivity index (χ4n) is 1.54. The lowest BCUT2D eigenvalue weighted by atomic mass is 10.2. The molecule has 0 atom stereocenters. The molecule has 0 saturated heterocycles. The minimum absolute atomic E-state index is 0.0671. The van der Waals surface area contributed by atoms with Crippen LogP contribution in [-0.2, 0) is 0 Å². The third-order valence-corrected chi connectivity index (χ3v) is 2.61. The van der Waals surface area contributed by atoms with Crippen LogP contribution in [0.3, 0.4) is 0 Å². The van der Waals surface area contributed by atoms with Crippen LogP contribution in [0.2, 0.25) is 0 Å². The summed E-state index contributed by atoms with van der Waals surface area (Å²) in [5.74, 6) is 0.0671. The molecule has 0 aliphatic heterocycles. The van der Waals surface area contributed by atoms with E-state index in [9.17, 15) is 4.79 Å². The number of aryl methyl sites for hydroxylation is 1. The minimum atomic E-state index is 0.0671. The summed E-state index contributed by atoms with van der Waals surface area (Å²) in [6.45, 7) is 5.54. The van der Waals surface area contributed by atoms with Crippen molar-refractivity contribution in [1.82, 2.24) is 9.88 Å². The summed E-state index contributed by atoms with van der Waals surface area (Å²) in [4.78, 5) is 18.0. The van der Waals surface area contributed by atoms with Gasteiger partial charge < -0.3 is 4.90 Å². The predicted molar refractivity (Wildman–Crippen MR) is 69.0 cm³/mol. The van der Waals surface area contributed by atoms with E-state index in [2.05, 4.69) is 27.8 Å². The van der Waals surface area contributed by atoms with Crippen LogP contribution in [0.15, 0.2) is 18.5 Å². The van der Waals surface area contributed by atoms with Gasteiger partial charge in [-0.05, 0) is 25.0 Å². The summed E-state index contributed by atoms with van der Waals surface area (Å²) < 4.78 is 0. The molecule has 0 aromatic carbocycles. The van der Waals surface area contributed by atoms with E-state index in [4.69, 9.17) is 0 Å². The molecule has 0 aliphatic carbocycles. The number of nitrogens with zero attached hydrogens (tertiary/aromatic N) is 2. The molecule has 1 aromatic rings. The number of hydrogen-bond donors (Lipinski definition) is 0. The second-order valence-corrected chi connectivity index (χ2v) is 4.53. The molecule has 3 nitrogen and oxygen atoms in total. The van der Waals surface area contributed by atoms with Gasteiger partial charge >= 0.3 is 0 Å². The fraction of sp³-hybridized carbons (Fsp3) is 0.500. The lowest BCUT2D eigenvalue weighted by molar-refractivity contribution is 0.0766. The van der Waals surface area contributed by atoms with E-state index in [1.807, 2.05) is 17.9 Å². The van der Waals surface area contributed by atoms with Crippen molar-refractivity contribution in [1.29, 1.82) is 0 Å². The van der Waals surface area contributed by atoms with Gasteiger partial charge in [0.15, 0.2) is 0 Å². The average Bonchev–Trinajstić information content (AvgIpc) is 2.28. The number of carbonyl (C=O) groups excluding carboxylic acids is 1. The molecule has 1 amide bonds. The van der Waals surface area contributed by atoms with Crippen molar-refractivity contribution in [3.05, 3.63) is 29.6 Å². The maximum Gasteiger partial charge on any atom is 0.255 e. The smallest absolute Gasteiger partial charge is 0.255 e. The van der Waals surface area contributed by atoms with E-state index >= 15 is 0 Å². The Morgan fingerprint density at radius 1 is 1.44 bits per heavy atom. The highest BCUT2D eigenvalue weighted by molar-refractivity contribution is 9.09. The van der Waals surface area contributed by atoms with E-state index in [1.54, 1.807) is 12.4 Å². The third-order valence-electron chi connectivity index (χ3n) is 2.26. The van der Waals surface area contributed by atoms with Crippen molar-refractivity contribution in [2.45, 2.75) is 20.3 Å². The summed E-state index contributed by atoms with van der Waals surface area (Å²) in [7, 11) is 0. The van der Waals surface area contributed by atoms with Crippen molar-refractivity contribution in [3.63, 3.8) is 0 Å². The van der Waals surface area contributed by atoms with Gasteiger partial charge in [0.1, 0.15) is 0 Å². The van der Waals surface area contributed by atoms with Crippen molar-refractivity contribution in [3.8, 4) is 0 Å². The summed E-state index contributed by atoms with van der Waals surface area (Å²) in [6.07, 6.45) is 4.36. The lowest BCUT2D eigenvalue weighted by Crippen LogP contribution is -2.33. The molecule has 0 saturated carbocycles. The highest BCUT2D eigenvalue weighted by atomic mass is 79.9. The van der Waals surface area contributed by atoms with Crippen molar-refractivity contribution >= 4 is 21.8 Å². The molecule has 16 heavy (non-hydrogen) atoms. The molecule has 1 heterocycles. The van der Waals surface area contributed by atoms with Gasteiger partial charge in [0.05, 0.1) is 5.56 Å². The normalized spacial score (nSPS) is 10.2. The second-order valence-electron chi connectivity index (χ2n) is 3.73. The van der Waals surface area contributed by atoms with Crippen molar-refractivity contribution in [2.24, 2.45) is 0 Å². The highest BCUT2D eigenvalue weighted by Gasteiger charge is 2.14. The van der Waals surface area contributed by atoms with Crippen LogP contribution in [0, 0.1) is 6.92 Å². The second kappa shape index (κ2) is 6.63.